The Hall–Kier alpha value is -3.12. The van der Waals surface area contributed by atoms with Gasteiger partial charge in [-0.25, -0.2) is 9.59 Å². The molecule has 7 heteroatoms. The number of nitrogens with zero attached hydrogens (tertiary/aromatic N) is 1. The van der Waals surface area contributed by atoms with Crippen molar-refractivity contribution in [3.05, 3.63) is 80.2 Å². The molecule has 1 aromatic heterocycles. The van der Waals surface area contributed by atoms with E-state index in [1.807, 2.05) is 12.1 Å². The summed E-state index contributed by atoms with van der Waals surface area (Å²) in [5.74, 6) is -0.391. The monoisotopic (exact) mass is 422 g/mol. The lowest BCUT2D eigenvalue weighted by Gasteiger charge is -2.22. The second-order valence-electron chi connectivity index (χ2n) is 8.02. The highest BCUT2D eigenvalue weighted by atomic mass is 35.5. The molecule has 30 heavy (non-hydrogen) atoms. The number of halogens is 1. The number of nitrogens with one attached hydrogen (secondary N) is 1. The third kappa shape index (κ3) is 2.91. The minimum atomic E-state index is -1.22. The number of benzene rings is 2. The fourth-order valence-electron chi connectivity index (χ4n) is 4.43. The molecule has 0 spiro atoms. The molecule has 3 aromatic rings. The number of aryl methyl sites for hydroxylation is 2. The molecule has 6 nitrogen and oxygen atoms in total. The van der Waals surface area contributed by atoms with Crippen LogP contribution in [0, 0.1) is 0 Å². The molecule has 1 saturated heterocycles. The molecule has 3 amide bonds. The molecule has 0 bridgehead atoms. The number of urea groups is 1. The van der Waals surface area contributed by atoms with Crippen LogP contribution in [-0.2, 0) is 29.7 Å². The number of fused-ring (bicyclic) bond motifs is 2. The molecule has 1 aliphatic heterocycles. The predicted molar refractivity (Wildman–Crippen MR) is 112 cm³/mol. The molecule has 1 atom stereocenters. The zero-order chi connectivity index (χ0) is 21.0. The van der Waals surface area contributed by atoms with Gasteiger partial charge in [-0.1, -0.05) is 23.7 Å². The summed E-state index contributed by atoms with van der Waals surface area (Å²) in [5, 5.41) is 4.01. The van der Waals surface area contributed by atoms with E-state index in [2.05, 4.69) is 5.32 Å². The van der Waals surface area contributed by atoms with E-state index < -0.39 is 23.1 Å². The van der Waals surface area contributed by atoms with E-state index in [0.29, 0.717) is 21.7 Å². The third-order valence-electron chi connectivity index (χ3n) is 6.05. The van der Waals surface area contributed by atoms with E-state index in [4.69, 9.17) is 16.0 Å². The molecular weight excluding hydrogens is 404 g/mol. The van der Waals surface area contributed by atoms with Crippen molar-refractivity contribution in [2.45, 2.75) is 38.3 Å². The maximum absolute atomic E-state index is 13.3. The van der Waals surface area contributed by atoms with Crippen molar-refractivity contribution in [2.24, 2.45) is 0 Å². The van der Waals surface area contributed by atoms with Crippen LogP contribution >= 0.6 is 11.6 Å². The largest absolute Gasteiger partial charge is 0.423 e. The zero-order valence-corrected chi connectivity index (χ0v) is 17.1. The Kier molecular flexibility index (Phi) is 4.22. The summed E-state index contributed by atoms with van der Waals surface area (Å²) in [6.45, 7) is 1.64. The topological polar surface area (TPSA) is 79.6 Å². The van der Waals surface area contributed by atoms with Gasteiger partial charge in [0.25, 0.3) is 5.91 Å². The number of hydrogen-bond acceptors (Lipinski definition) is 4. The molecule has 2 heterocycles. The van der Waals surface area contributed by atoms with Crippen LogP contribution in [0.1, 0.15) is 35.6 Å². The summed E-state index contributed by atoms with van der Waals surface area (Å²) < 4.78 is 5.39. The fraction of sp³-hybridized carbons (Fsp3) is 0.261. The summed E-state index contributed by atoms with van der Waals surface area (Å²) in [4.78, 5) is 39.3. The van der Waals surface area contributed by atoms with E-state index in [-0.39, 0.29) is 6.54 Å². The Labute approximate surface area is 177 Å². The first-order chi connectivity index (χ1) is 14.3. The van der Waals surface area contributed by atoms with E-state index >= 15 is 0 Å². The van der Waals surface area contributed by atoms with E-state index in [9.17, 15) is 14.4 Å². The summed E-state index contributed by atoms with van der Waals surface area (Å²) in [7, 11) is 0. The molecule has 1 unspecified atom stereocenters. The van der Waals surface area contributed by atoms with Crippen molar-refractivity contribution in [2.75, 3.05) is 0 Å². The Morgan fingerprint density at radius 2 is 1.87 bits per heavy atom. The Morgan fingerprint density at radius 1 is 1.10 bits per heavy atom. The molecule has 2 aromatic carbocycles. The van der Waals surface area contributed by atoms with Crippen molar-refractivity contribution >= 4 is 34.5 Å². The van der Waals surface area contributed by atoms with Gasteiger partial charge in [0, 0.05) is 16.5 Å². The van der Waals surface area contributed by atoms with Gasteiger partial charge >= 0.3 is 11.7 Å². The lowest BCUT2D eigenvalue weighted by atomic mass is 9.92. The number of carbonyl (C=O) groups is 2. The Morgan fingerprint density at radius 3 is 2.63 bits per heavy atom. The van der Waals surface area contributed by atoms with Gasteiger partial charge in [0.1, 0.15) is 11.1 Å². The first kappa shape index (κ1) is 18.9. The van der Waals surface area contributed by atoms with Gasteiger partial charge in [-0.05, 0) is 72.7 Å². The highest BCUT2D eigenvalue weighted by molar-refractivity contribution is 6.30. The predicted octanol–water partition coefficient (Wildman–Crippen LogP) is 3.90. The third-order valence-corrected chi connectivity index (χ3v) is 6.28. The van der Waals surface area contributed by atoms with Crippen LogP contribution in [0.15, 0.2) is 51.7 Å². The van der Waals surface area contributed by atoms with Gasteiger partial charge in [-0.15, -0.1) is 0 Å². The molecule has 1 fully saturated rings. The Balaban J connectivity index is 1.55. The van der Waals surface area contributed by atoms with Gasteiger partial charge < -0.3 is 9.73 Å². The van der Waals surface area contributed by atoms with E-state index in [1.165, 1.54) is 17.2 Å². The minimum absolute atomic E-state index is 0.0122. The van der Waals surface area contributed by atoms with Crippen molar-refractivity contribution in [1.82, 2.24) is 10.2 Å². The molecular formula is C23H19ClN2O4. The smallest absolute Gasteiger partial charge is 0.336 e. The van der Waals surface area contributed by atoms with Crippen LogP contribution in [0.2, 0.25) is 5.02 Å². The van der Waals surface area contributed by atoms with Crippen LogP contribution in [0.3, 0.4) is 0 Å². The van der Waals surface area contributed by atoms with E-state index in [1.54, 1.807) is 31.2 Å². The quantitative estimate of drug-likeness (QED) is 0.512. The van der Waals surface area contributed by atoms with Crippen molar-refractivity contribution in [3.8, 4) is 0 Å². The maximum atomic E-state index is 13.3. The minimum Gasteiger partial charge on any atom is -0.423 e. The van der Waals surface area contributed by atoms with Gasteiger partial charge in [-0.2, -0.15) is 0 Å². The summed E-state index contributed by atoms with van der Waals surface area (Å²) in [5.41, 5.74) is 2.37. The first-order valence-electron chi connectivity index (χ1n) is 9.84. The van der Waals surface area contributed by atoms with Crippen LogP contribution < -0.4 is 10.9 Å². The molecule has 1 aliphatic carbocycles. The zero-order valence-electron chi connectivity index (χ0n) is 16.3. The van der Waals surface area contributed by atoms with Crippen LogP contribution in [-0.4, -0.2) is 16.8 Å². The second-order valence-corrected chi connectivity index (χ2v) is 8.45. The molecule has 1 N–H and O–H groups in total. The number of hydrogen-bond donors (Lipinski definition) is 1. The summed E-state index contributed by atoms with van der Waals surface area (Å²) in [6, 6.07) is 11.6. The maximum Gasteiger partial charge on any atom is 0.336 e. The fourth-order valence-corrected chi connectivity index (χ4v) is 4.62. The average Bonchev–Trinajstić information content (AvgIpc) is 3.24. The molecule has 0 saturated carbocycles. The molecule has 0 radical (unpaired) electrons. The SMILES string of the molecule is CC1(c2cccc(Cl)c2)NC(=O)N(Cc2cc(=O)oc3cc4c(cc23)CCC4)C1=O. The lowest BCUT2D eigenvalue weighted by Crippen LogP contribution is -2.40. The number of rotatable bonds is 3. The van der Waals surface area contributed by atoms with Crippen LogP contribution in [0.5, 0.6) is 0 Å². The average molecular weight is 423 g/mol. The van der Waals surface area contributed by atoms with Crippen LogP contribution in [0.4, 0.5) is 4.79 Å². The van der Waals surface area contributed by atoms with Crippen molar-refractivity contribution in [3.63, 3.8) is 0 Å². The number of carbonyl (C=O) groups excluding carboxylic acids is 2. The molecule has 2 aliphatic rings. The van der Waals surface area contributed by atoms with Gasteiger partial charge in [0.05, 0.1) is 6.54 Å². The normalized spacial score (nSPS) is 20.7. The summed E-state index contributed by atoms with van der Waals surface area (Å²) >= 11 is 6.08. The van der Waals surface area contributed by atoms with Crippen molar-refractivity contribution < 1.29 is 14.0 Å². The summed E-state index contributed by atoms with van der Waals surface area (Å²) in [6.07, 6.45) is 3.00. The molecule has 5 rings (SSSR count). The Bertz CT molecular complexity index is 1280. The van der Waals surface area contributed by atoms with E-state index in [0.717, 1.165) is 29.5 Å². The highest BCUT2D eigenvalue weighted by Gasteiger charge is 2.49. The first-order valence-corrected chi connectivity index (χ1v) is 10.2. The highest BCUT2D eigenvalue weighted by Crippen LogP contribution is 2.33. The molecule has 152 valence electrons. The number of imide groups is 1. The lowest BCUT2D eigenvalue weighted by molar-refractivity contribution is -0.131. The van der Waals surface area contributed by atoms with Gasteiger partial charge in [0.15, 0.2) is 0 Å². The van der Waals surface area contributed by atoms with Gasteiger partial charge in [0.2, 0.25) is 0 Å². The second kappa shape index (κ2) is 6.71. The number of amides is 3. The standard InChI is InChI=1S/C23H19ClN2O4/c1-23(16-6-3-7-17(24)11-16)21(28)26(22(29)25-23)12-15-10-20(27)30-19-9-14-5-2-4-13(14)8-18(15)19/h3,6-11H,2,4-5,12H2,1H3,(H,25,29). The van der Waals surface area contributed by atoms with Crippen LogP contribution in [0.25, 0.3) is 11.0 Å². The van der Waals surface area contributed by atoms with Gasteiger partial charge in [-0.3, -0.25) is 9.69 Å². The van der Waals surface area contributed by atoms with Crippen molar-refractivity contribution in [1.29, 1.82) is 0 Å².